The number of unbranched alkanes of at least 4 members (excludes halogenated alkanes) is 48. The van der Waals surface area contributed by atoms with Crippen molar-refractivity contribution in [2.75, 3.05) is 19.8 Å². The maximum absolute atomic E-state index is 16.9. The summed E-state index contributed by atoms with van der Waals surface area (Å²) in [4.78, 5) is 58.9. The van der Waals surface area contributed by atoms with Crippen molar-refractivity contribution < 1.29 is 122 Å². The van der Waals surface area contributed by atoms with Crippen LogP contribution in [0.15, 0.2) is 30.3 Å². The number of rotatable bonds is 75. The molecular formula is C80H146Na2O13P2. The van der Waals surface area contributed by atoms with E-state index in [9.17, 15) is 24.9 Å². The van der Waals surface area contributed by atoms with Gasteiger partial charge in [0.2, 0.25) is 16.1 Å². The first-order chi connectivity index (χ1) is 46.3. The third kappa shape index (κ3) is 47.3. The number of carbonyl (C=O) groups excluding carboxylic acids is 4. The smallest absolute Gasteiger partial charge is 0.855 e. The van der Waals surface area contributed by atoms with Gasteiger partial charge in [-0.1, -0.05) is 372 Å². The zero-order valence-electron chi connectivity index (χ0n) is 63.7. The van der Waals surface area contributed by atoms with E-state index in [1.54, 1.807) is 30.3 Å². The third-order valence-electron chi connectivity index (χ3n) is 19.4. The monoisotopic (exact) mass is 1420 g/mol. The fraction of sp³-hybridized carbons (Fsp3) is 0.875. The number of Topliss-reactive ketones (excluding diaryl/α,β-unsaturated/α-hetero) is 2. The van der Waals surface area contributed by atoms with E-state index in [0.29, 0.717) is 31.2 Å². The minimum absolute atomic E-state index is 0. The molecule has 0 bridgehead atoms. The molecule has 13 nitrogen and oxygen atoms in total. The normalized spacial score (nSPS) is 14.4. The quantitative estimate of drug-likeness (QED) is 0.0353. The van der Waals surface area contributed by atoms with Crippen molar-refractivity contribution in [3.63, 3.8) is 0 Å². The molecule has 0 heterocycles. The van der Waals surface area contributed by atoms with E-state index >= 15 is 23.8 Å². The first kappa shape index (κ1) is 99.1. The van der Waals surface area contributed by atoms with Gasteiger partial charge in [-0.2, -0.15) is 0 Å². The summed E-state index contributed by atoms with van der Waals surface area (Å²) in [5.41, 5.74) is -2.09. The summed E-state index contributed by atoms with van der Waals surface area (Å²) in [5, 5.41) is 47.7. The van der Waals surface area contributed by atoms with E-state index in [4.69, 9.17) is 13.8 Å². The Bertz CT molecular complexity index is 1950. The summed E-state index contributed by atoms with van der Waals surface area (Å²) < 4.78 is 53.1. The summed E-state index contributed by atoms with van der Waals surface area (Å²) in [6.07, 6.45) is 46.7. The number of carbonyl (C=O) groups is 4. The Labute approximate surface area is 639 Å². The summed E-state index contributed by atoms with van der Waals surface area (Å²) >= 11 is 0. The van der Waals surface area contributed by atoms with Gasteiger partial charge in [-0.05, 0) is 31.2 Å². The van der Waals surface area contributed by atoms with Crippen molar-refractivity contribution >= 4 is 37.4 Å². The van der Waals surface area contributed by atoms with Crippen LogP contribution < -0.4 is 69.3 Å². The molecule has 1 rings (SSSR count). The Kier molecular flexibility index (Phi) is 70.7. The maximum atomic E-state index is 16.9. The minimum atomic E-state index is -5.89. The fourth-order valence-electron chi connectivity index (χ4n) is 13.3. The third-order valence-corrected chi connectivity index (χ3v) is 26.4. The van der Waals surface area contributed by atoms with Gasteiger partial charge in [-0.3, -0.25) is 28.3 Å². The van der Waals surface area contributed by atoms with Gasteiger partial charge in [-0.15, -0.1) is 6.61 Å². The van der Waals surface area contributed by atoms with Gasteiger partial charge in [0.15, 0.2) is 0 Å². The summed E-state index contributed by atoms with van der Waals surface area (Å²) in [6, 6.07) is 8.30. The van der Waals surface area contributed by atoms with Crippen molar-refractivity contribution in [3.05, 3.63) is 35.9 Å². The number of hydrogen-bond acceptors (Lipinski definition) is 13. The molecule has 0 aliphatic rings. The van der Waals surface area contributed by atoms with E-state index in [-0.39, 0.29) is 96.4 Å². The van der Waals surface area contributed by atoms with E-state index in [1.807, 2.05) is 0 Å². The van der Waals surface area contributed by atoms with Crippen LogP contribution in [0.1, 0.15) is 406 Å². The van der Waals surface area contributed by atoms with Gasteiger partial charge in [0.1, 0.15) is 11.6 Å². The second-order valence-electron chi connectivity index (χ2n) is 28.3. The Morgan fingerprint density at radius 1 is 0.381 bits per heavy atom. The molecule has 2 N–H and O–H groups in total. The standard InChI is InChI=1S/C80H146O13P2.2Na/c1-5-9-13-17-21-25-29-33-37-41-45-49-56-62-73(84)66-75(68-81)92-94(89,78(87)64-58-51-47-43-39-35-31-27-23-19-15-11-7-3)80(77(86)70-83,91-71-72-60-54-53-55-61-72)95(90,79(88)65-59-52-48-44-40-36-32-28-24-20-16-12-8-4)93-76(69-82)67-74(85)63-57-50-46-42-38-34-30-26-22-18-14-10-6-2;;/h53-55,60-61,75-77,81-82H,5-52,56-59,62-71H2,1-4H3;;/q-2;2*+1. The molecule has 0 saturated heterocycles. The molecule has 5 atom stereocenters. The molecule has 0 saturated carbocycles. The van der Waals surface area contributed by atoms with Crippen molar-refractivity contribution in [3.8, 4) is 0 Å². The van der Waals surface area contributed by atoms with E-state index < -0.39 is 101 Å². The topological polar surface area (TPSA) is 217 Å². The average Bonchev–Trinajstić information content (AvgIpc) is 0.707. The predicted molar refractivity (Wildman–Crippen MR) is 392 cm³/mol. The molecule has 0 radical (unpaired) electrons. The second-order valence-corrected chi connectivity index (χ2v) is 33.6. The van der Waals surface area contributed by atoms with Crippen LogP contribution in [0.5, 0.6) is 0 Å². The van der Waals surface area contributed by atoms with Crippen molar-refractivity contribution in [2.45, 2.75) is 430 Å². The Morgan fingerprint density at radius 3 is 0.835 bits per heavy atom. The Hall–Kier alpha value is 0.0800. The van der Waals surface area contributed by atoms with Crippen LogP contribution >= 0.6 is 14.7 Å². The van der Waals surface area contributed by atoms with Gasteiger partial charge in [-0.25, -0.2) is 0 Å². The Morgan fingerprint density at radius 2 is 0.608 bits per heavy atom. The molecule has 0 fully saturated rings. The van der Waals surface area contributed by atoms with Crippen LogP contribution in [-0.2, 0) is 48.7 Å². The molecule has 0 spiro atoms. The van der Waals surface area contributed by atoms with Crippen molar-refractivity contribution in [1.29, 1.82) is 0 Å². The van der Waals surface area contributed by atoms with E-state index in [1.165, 1.54) is 180 Å². The van der Waals surface area contributed by atoms with Crippen molar-refractivity contribution in [1.82, 2.24) is 0 Å². The molecule has 97 heavy (non-hydrogen) atoms. The second kappa shape index (κ2) is 69.1. The molecule has 5 unspecified atom stereocenters. The van der Waals surface area contributed by atoms with Crippen LogP contribution in [0.2, 0.25) is 0 Å². The molecule has 0 aromatic heterocycles. The van der Waals surface area contributed by atoms with Gasteiger partial charge in [0.05, 0.1) is 32.0 Å². The number of benzene rings is 1. The van der Waals surface area contributed by atoms with Gasteiger partial charge < -0.3 is 34.2 Å². The zero-order chi connectivity index (χ0) is 69.6. The zero-order valence-corrected chi connectivity index (χ0v) is 69.5. The largest absolute Gasteiger partial charge is 1.00 e. The number of hydrogen-bond donors (Lipinski definition) is 2. The van der Waals surface area contributed by atoms with Gasteiger partial charge >= 0.3 is 73.9 Å². The summed E-state index contributed by atoms with van der Waals surface area (Å²) in [5.74, 6) is -0.720. The van der Waals surface area contributed by atoms with E-state index in [0.717, 1.165) is 116 Å². The summed E-state index contributed by atoms with van der Waals surface area (Å²) in [6.45, 7) is 4.59. The summed E-state index contributed by atoms with van der Waals surface area (Å²) in [7, 11) is -11.8. The number of ether oxygens (including phenoxy) is 1. The van der Waals surface area contributed by atoms with Crippen LogP contribution in [0, 0.1) is 0 Å². The fourth-order valence-corrected chi connectivity index (χ4v) is 20.3. The number of aliphatic hydroxyl groups is 2. The predicted octanol–water partition coefficient (Wildman–Crippen LogP) is 16.2. The van der Waals surface area contributed by atoms with E-state index in [2.05, 4.69) is 27.7 Å². The molecule has 17 heteroatoms. The first-order valence-electron chi connectivity index (χ1n) is 40.1. The van der Waals surface area contributed by atoms with Crippen LogP contribution in [0.3, 0.4) is 0 Å². The Balaban J connectivity index is 0. The molecule has 0 aliphatic carbocycles. The maximum Gasteiger partial charge on any atom is 1.00 e. The number of ketones is 2. The SMILES string of the molecule is CCCCCCCCCCCCCCCC(=O)CC(CO)OP(=O)(C(=O)CCCCCCCCCCCCCCC)C(OCc1ccccc1)(C([O-])C[O-])P(=O)(OC(CO)CC(=O)CCCCCCCCCCCCCCC)C(=O)CCCCCCCCCCCCCCC.[Na+].[Na+]. The molecule has 0 aliphatic heterocycles. The molecule has 556 valence electrons. The minimum Gasteiger partial charge on any atom is -0.855 e. The number of aliphatic hydroxyl groups excluding tert-OH is 2. The molecule has 0 amide bonds. The van der Waals surface area contributed by atoms with Gasteiger partial charge in [0.25, 0.3) is 0 Å². The van der Waals surface area contributed by atoms with Crippen molar-refractivity contribution in [2.24, 2.45) is 0 Å². The first-order valence-corrected chi connectivity index (χ1v) is 43.4. The molecule has 1 aromatic carbocycles. The van der Waals surface area contributed by atoms with Crippen LogP contribution in [0.25, 0.3) is 0 Å². The van der Waals surface area contributed by atoms with Gasteiger partial charge in [0, 0.05) is 38.5 Å². The van der Waals surface area contributed by atoms with Crippen LogP contribution in [-0.4, -0.2) is 76.0 Å². The molecule has 1 aromatic rings. The average molecular weight is 1420 g/mol. The van der Waals surface area contributed by atoms with Crippen LogP contribution in [0.4, 0.5) is 0 Å². The molecular weight excluding hydrogens is 1280 g/mol.